The molecule has 22 heavy (non-hydrogen) atoms. The normalized spacial score (nSPS) is 25.0. The number of aliphatic hydroxyl groups is 2. The Morgan fingerprint density at radius 2 is 2.27 bits per heavy atom. The number of ether oxygens (including phenoxy) is 1. The molecule has 2 aromatic heterocycles. The van der Waals surface area contributed by atoms with Gasteiger partial charge in [-0.2, -0.15) is 9.97 Å². The molecule has 0 spiro atoms. The SMILES string of the molecule is C=C1[C@H](CO)[C@@H](O)C[C@@H]1n1c(OC)nc2c(=O)[nH]c(N)nc21. The number of anilines is 1. The Morgan fingerprint density at radius 3 is 2.86 bits per heavy atom. The van der Waals surface area contributed by atoms with Gasteiger partial charge in [0, 0.05) is 5.92 Å². The van der Waals surface area contributed by atoms with Gasteiger partial charge in [0.1, 0.15) is 0 Å². The van der Waals surface area contributed by atoms with Crippen molar-refractivity contribution in [1.29, 1.82) is 0 Å². The fourth-order valence-electron chi connectivity index (χ4n) is 2.95. The zero-order chi connectivity index (χ0) is 16.0. The van der Waals surface area contributed by atoms with Gasteiger partial charge in [0.15, 0.2) is 11.2 Å². The fraction of sp³-hybridized carbons (Fsp3) is 0.462. The largest absolute Gasteiger partial charge is 0.468 e. The Bertz CT molecular complexity index is 796. The van der Waals surface area contributed by atoms with Crippen LogP contribution in [0.4, 0.5) is 5.95 Å². The molecule has 1 aliphatic carbocycles. The predicted molar refractivity (Wildman–Crippen MR) is 78.5 cm³/mol. The average Bonchev–Trinajstić information content (AvgIpc) is 2.96. The van der Waals surface area contributed by atoms with Gasteiger partial charge in [-0.3, -0.25) is 14.3 Å². The summed E-state index contributed by atoms with van der Waals surface area (Å²) in [7, 11) is 1.42. The van der Waals surface area contributed by atoms with Crippen molar-refractivity contribution in [1.82, 2.24) is 19.5 Å². The lowest BCUT2D eigenvalue weighted by atomic mass is 10.0. The van der Waals surface area contributed by atoms with Crippen LogP contribution in [-0.4, -0.2) is 49.6 Å². The standard InChI is InChI=1S/C13H17N5O4/c1-5-6(4-19)8(20)3-7(5)18-10-9(15-13(18)22-2)11(21)17-12(14)16-10/h6-8,19-20H,1,3-4H2,2H3,(H3,14,16,17,21)/t6-,7-,8-/m0/s1. The highest BCUT2D eigenvalue weighted by molar-refractivity contribution is 5.73. The van der Waals surface area contributed by atoms with E-state index >= 15 is 0 Å². The van der Waals surface area contributed by atoms with Gasteiger partial charge < -0.3 is 20.7 Å². The molecule has 5 N–H and O–H groups in total. The van der Waals surface area contributed by atoms with Gasteiger partial charge in [-0.1, -0.05) is 6.58 Å². The van der Waals surface area contributed by atoms with Crippen molar-refractivity contribution in [2.45, 2.75) is 18.6 Å². The molecule has 118 valence electrons. The minimum absolute atomic E-state index is 0.0378. The number of rotatable bonds is 3. The predicted octanol–water partition coefficient (Wildman–Crippen LogP) is -0.819. The summed E-state index contributed by atoms with van der Waals surface area (Å²) < 4.78 is 6.81. The van der Waals surface area contributed by atoms with Crippen molar-refractivity contribution in [3.8, 4) is 6.01 Å². The fourth-order valence-corrected chi connectivity index (χ4v) is 2.95. The summed E-state index contributed by atoms with van der Waals surface area (Å²) in [5, 5.41) is 19.4. The molecule has 0 aromatic carbocycles. The maximum atomic E-state index is 11.9. The molecule has 1 aliphatic rings. The molecule has 0 bridgehead atoms. The minimum atomic E-state index is -0.732. The van der Waals surface area contributed by atoms with Crippen molar-refractivity contribution < 1.29 is 14.9 Å². The summed E-state index contributed by atoms with van der Waals surface area (Å²) >= 11 is 0. The number of nitrogens with one attached hydrogen (secondary N) is 1. The van der Waals surface area contributed by atoms with Gasteiger partial charge in [0.2, 0.25) is 5.95 Å². The lowest BCUT2D eigenvalue weighted by Crippen LogP contribution is -2.17. The Morgan fingerprint density at radius 1 is 1.55 bits per heavy atom. The second kappa shape index (κ2) is 5.11. The summed E-state index contributed by atoms with van der Waals surface area (Å²) in [6, 6.07) is -0.212. The van der Waals surface area contributed by atoms with Crippen LogP contribution in [0.1, 0.15) is 12.5 Å². The Labute approximate surface area is 125 Å². The molecule has 0 saturated heterocycles. The van der Waals surface area contributed by atoms with E-state index < -0.39 is 17.6 Å². The van der Waals surface area contributed by atoms with E-state index in [4.69, 9.17) is 10.5 Å². The van der Waals surface area contributed by atoms with E-state index in [2.05, 4.69) is 21.5 Å². The molecule has 9 nitrogen and oxygen atoms in total. The van der Waals surface area contributed by atoms with E-state index in [0.717, 1.165) is 0 Å². The minimum Gasteiger partial charge on any atom is -0.468 e. The van der Waals surface area contributed by atoms with Gasteiger partial charge in [-0.25, -0.2) is 0 Å². The van der Waals surface area contributed by atoms with Crippen LogP contribution < -0.4 is 16.0 Å². The number of aromatic nitrogens is 4. The van der Waals surface area contributed by atoms with Crippen LogP contribution in [0.25, 0.3) is 11.2 Å². The van der Waals surface area contributed by atoms with Gasteiger partial charge in [-0.15, -0.1) is 0 Å². The summed E-state index contributed by atoms with van der Waals surface area (Å²) in [6.45, 7) is 3.75. The highest BCUT2D eigenvalue weighted by Gasteiger charge is 2.39. The molecule has 0 radical (unpaired) electrons. The average molecular weight is 307 g/mol. The zero-order valence-corrected chi connectivity index (χ0v) is 12.0. The Kier molecular flexibility index (Phi) is 3.38. The second-order valence-electron chi connectivity index (χ2n) is 5.27. The molecule has 0 aliphatic heterocycles. The van der Waals surface area contributed by atoms with E-state index in [0.29, 0.717) is 12.0 Å². The monoisotopic (exact) mass is 307 g/mol. The summed E-state index contributed by atoms with van der Waals surface area (Å²) in [6.07, 6.45) is -0.413. The van der Waals surface area contributed by atoms with Gasteiger partial charge >= 0.3 is 0 Å². The van der Waals surface area contributed by atoms with Crippen molar-refractivity contribution >= 4 is 17.1 Å². The summed E-state index contributed by atoms with van der Waals surface area (Å²) in [4.78, 5) is 22.6. The molecule has 1 fully saturated rings. The number of fused-ring (bicyclic) bond motifs is 1. The maximum Gasteiger partial charge on any atom is 0.299 e. The van der Waals surface area contributed by atoms with Crippen LogP contribution in [0, 0.1) is 5.92 Å². The van der Waals surface area contributed by atoms with Crippen LogP contribution in [0.15, 0.2) is 16.9 Å². The highest BCUT2D eigenvalue weighted by Crippen LogP contribution is 2.41. The van der Waals surface area contributed by atoms with E-state index in [-0.39, 0.29) is 35.8 Å². The number of nitrogens with two attached hydrogens (primary N) is 1. The smallest absolute Gasteiger partial charge is 0.299 e. The third kappa shape index (κ3) is 1.97. The van der Waals surface area contributed by atoms with Crippen LogP contribution >= 0.6 is 0 Å². The van der Waals surface area contributed by atoms with Gasteiger partial charge in [-0.05, 0) is 12.0 Å². The van der Waals surface area contributed by atoms with Gasteiger partial charge in [0.25, 0.3) is 11.6 Å². The van der Waals surface area contributed by atoms with Crippen LogP contribution in [-0.2, 0) is 0 Å². The molecule has 2 aromatic rings. The molecule has 3 atom stereocenters. The number of nitrogen functional groups attached to an aromatic ring is 1. The van der Waals surface area contributed by atoms with E-state index in [1.807, 2.05) is 0 Å². The van der Waals surface area contributed by atoms with Crippen LogP contribution in [0.2, 0.25) is 0 Å². The Balaban J connectivity index is 2.22. The molecule has 0 amide bonds. The van der Waals surface area contributed by atoms with Crippen molar-refractivity contribution in [2.75, 3.05) is 19.5 Å². The number of H-pyrrole nitrogens is 1. The quantitative estimate of drug-likeness (QED) is 0.543. The van der Waals surface area contributed by atoms with Crippen molar-refractivity contribution in [2.24, 2.45) is 5.92 Å². The second-order valence-corrected chi connectivity index (χ2v) is 5.27. The highest BCUT2D eigenvalue weighted by atomic mass is 16.5. The van der Waals surface area contributed by atoms with Gasteiger partial charge in [0.05, 0.1) is 25.9 Å². The molecule has 9 heteroatoms. The number of methoxy groups -OCH3 is 1. The number of hydrogen-bond donors (Lipinski definition) is 4. The number of hydrogen-bond acceptors (Lipinski definition) is 7. The summed E-state index contributed by atoms with van der Waals surface area (Å²) in [5.74, 6) is -0.476. The third-order valence-electron chi connectivity index (χ3n) is 4.06. The lowest BCUT2D eigenvalue weighted by molar-refractivity contribution is 0.101. The topological polar surface area (TPSA) is 139 Å². The molecular weight excluding hydrogens is 290 g/mol. The molecule has 2 heterocycles. The first-order valence-corrected chi connectivity index (χ1v) is 6.77. The maximum absolute atomic E-state index is 11.9. The number of imidazole rings is 1. The zero-order valence-electron chi connectivity index (χ0n) is 12.0. The molecule has 1 saturated carbocycles. The first-order chi connectivity index (χ1) is 10.5. The van der Waals surface area contributed by atoms with E-state index in [1.165, 1.54) is 7.11 Å². The van der Waals surface area contributed by atoms with E-state index in [1.54, 1.807) is 4.57 Å². The lowest BCUT2D eigenvalue weighted by Gasteiger charge is -2.17. The molecule has 0 unspecified atom stereocenters. The molecule has 3 rings (SSSR count). The first kappa shape index (κ1) is 14.5. The third-order valence-corrected chi connectivity index (χ3v) is 4.06. The van der Waals surface area contributed by atoms with Crippen LogP contribution in [0.5, 0.6) is 6.01 Å². The number of aromatic amines is 1. The van der Waals surface area contributed by atoms with E-state index in [9.17, 15) is 15.0 Å². The summed E-state index contributed by atoms with van der Waals surface area (Å²) in [5.41, 5.74) is 6.12. The number of nitrogens with zero attached hydrogens (tertiary/aromatic N) is 3. The van der Waals surface area contributed by atoms with Crippen molar-refractivity contribution in [3.05, 3.63) is 22.5 Å². The first-order valence-electron chi connectivity index (χ1n) is 6.77. The number of aliphatic hydroxyl groups excluding tert-OH is 2. The Hall–Kier alpha value is -2.39. The van der Waals surface area contributed by atoms with Crippen molar-refractivity contribution in [3.63, 3.8) is 0 Å². The van der Waals surface area contributed by atoms with Crippen LogP contribution in [0.3, 0.4) is 0 Å². The molecular formula is C13H17N5O4.